The maximum absolute atomic E-state index is 12.1. The third-order valence-electron chi connectivity index (χ3n) is 3.70. The van der Waals surface area contributed by atoms with Crippen LogP contribution in [0.3, 0.4) is 0 Å². The van der Waals surface area contributed by atoms with Crippen LogP contribution in [0.2, 0.25) is 0 Å². The van der Waals surface area contributed by atoms with Crippen molar-refractivity contribution < 1.29 is 9.90 Å². The highest BCUT2D eigenvalue weighted by molar-refractivity contribution is 5.81. The number of likely N-dealkylation sites (tertiary alicyclic amines) is 1. The van der Waals surface area contributed by atoms with Gasteiger partial charge in [0.2, 0.25) is 5.91 Å². The number of aliphatic hydroxyl groups excluding tert-OH is 1. The van der Waals surface area contributed by atoms with Crippen LogP contribution in [0, 0.1) is 5.92 Å². The Kier molecular flexibility index (Phi) is 3.85. The van der Waals surface area contributed by atoms with Crippen molar-refractivity contribution in [1.29, 1.82) is 0 Å². The lowest BCUT2D eigenvalue weighted by Crippen LogP contribution is -2.42. The van der Waals surface area contributed by atoms with Crippen LogP contribution in [0.1, 0.15) is 51.9 Å². The molecule has 3 nitrogen and oxygen atoms in total. The van der Waals surface area contributed by atoms with Crippen LogP contribution in [0.5, 0.6) is 0 Å². The lowest BCUT2D eigenvalue weighted by atomic mass is 10.0. The van der Waals surface area contributed by atoms with E-state index in [1.54, 1.807) is 0 Å². The second-order valence-electron chi connectivity index (χ2n) is 5.39. The van der Waals surface area contributed by atoms with E-state index < -0.39 is 0 Å². The highest BCUT2D eigenvalue weighted by Gasteiger charge is 2.36. The lowest BCUT2D eigenvalue weighted by molar-refractivity contribution is -0.135. The van der Waals surface area contributed by atoms with Crippen molar-refractivity contribution in [3.63, 3.8) is 0 Å². The number of aliphatic hydroxyl groups is 1. The number of amides is 1. The molecule has 0 aromatic rings. The smallest absolute Gasteiger partial charge is 0.225 e. The topological polar surface area (TPSA) is 40.5 Å². The maximum atomic E-state index is 12.1. The molecule has 92 valence electrons. The summed E-state index contributed by atoms with van der Waals surface area (Å²) in [6, 6.07) is 0.288. The number of hydrogen-bond donors (Lipinski definition) is 1. The number of hydrogen-bond acceptors (Lipinski definition) is 2. The fraction of sp³-hybridized carbons (Fsp3) is 0.923. The van der Waals surface area contributed by atoms with Crippen molar-refractivity contribution in [2.75, 3.05) is 6.54 Å². The van der Waals surface area contributed by atoms with Gasteiger partial charge in [-0.15, -0.1) is 0 Å². The first-order chi connectivity index (χ1) is 7.68. The van der Waals surface area contributed by atoms with Crippen LogP contribution in [0.25, 0.3) is 0 Å². The highest BCUT2D eigenvalue weighted by atomic mass is 16.3. The van der Waals surface area contributed by atoms with E-state index in [1.165, 1.54) is 12.8 Å². The molecule has 0 aromatic heterocycles. The van der Waals surface area contributed by atoms with Crippen molar-refractivity contribution in [1.82, 2.24) is 4.90 Å². The molecule has 1 N–H and O–H groups in total. The molecule has 16 heavy (non-hydrogen) atoms. The molecule has 0 radical (unpaired) electrons. The fourth-order valence-corrected chi connectivity index (χ4v) is 2.67. The molecule has 2 unspecified atom stereocenters. The molecule has 2 atom stereocenters. The summed E-state index contributed by atoms with van der Waals surface area (Å²) in [5.41, 5.74) is 0. The first-order valence-electron chi connectivity index (χ1n) is 6.67. The molecule has 0 aromatic carbocycles. The van der Waals surface area contributed by atoms with Crippen molar-refractivity contribution >= 4 is 5.91 Å². The van der Waals surface area contributed by atoms with Gasteiger partial charge in [0.15, 0.2) is 0 Å². The van der Waals surface area contributed by atoms with Crippen LogP contribution in [-0.4, -0.2) is 34.6 Å². The minimum atomic E-state index is -0.294. The quantitative estimate of drug-likeness (QED) is 0.797. The van der Waals surface area contributed by atoms with Crippen molar-refractivity contribution in [3.8, 4) is 0 Å². The standard InChI is InChI=1S/C13H23NO2/c1-10(15)9-12-5-3-2-4-8-14(12)13(16)11-6-7-11/h10-12,15H,2-9H2,1H3. The van der Waals surface area contributed by atoms with Gasteiger partial charge in [0, 0.05) is 18.5 Å². The zero-order valence-electron chi connectivity index (χ0n) is 10.2. The fourth-order valence-electron chi connectivity index (χ4n) is 2.67. The van der Waals surface area contributed by atoms with Crippen LogP contribution >= 0.6 is 0 Å². The van der Waals surface area contributed by atoms with Gasteiger partial charge >= 0.3 is 0 Å². The third kappa shape index (κ3) is 2.97. The van der Waals surface area contributed by atoms with Crippen LogP contribution in [0.4, 0.5) is 0 Å². The Labute approximate surface area is 97.8 Å². The summed E-state index contributed by atoms with van der Waals surface area (Å²) in [6.07, 6.45) is 7.25. The van der Waals surface area contributed by atoms with E-state index in [0.717, 1.165) is 38.6 Å². The van der Waals surface area contributed by atoms with Gasteiger partial charge in [-0.1, -0.05) is 12.8 Å². The first-order valence-corrected chi connectivity index (χ1v) is 6.67. The van der Waals surface area contributed by atoms with Crippen molar-refractivity contribution in [3.05, 3.63) is 0 Å². The predicted octanol–water partition coefficient (Wildman–Crippen LogP) is 1.94. The van der Waals surface area contributed by atoms with Gasteiger partial charge in [0.1, 0.15) is 0 Å². The lowest BCUT2D eigenvalue weighted by Gasteiger charge is -2.31. The Morgan fingerprint density at radius 1 is 1.31 bits per heavy atom. The number of carbonyl (C=O) groups excluding carboxylic acids is 1. The van der Waals surface area contributed by atoms with Gasteiger partial charge in [-0.05, 0) is 39.0 Å². The zero-order valence-corrected chi connectivity index (χ0v) is 10.2. The van der Waals surface area contributed by atoms with E-state index in [0.29, 0.717) is 11.8 Å². The van der Waals surface area contributed by atoms with Gasteiger partial charge in [0.05, 0.1) is 6.10 Å². The number of nitrogens with zero attached hydrogens (tertiary/aromatic N) is 1. The van der Waals surface area contributed by atoms with E-state index in [9.17, 15) is 9.90 Å². The van der Waals surface area contributed by atoms with Gasteiger partial charge in [0.25, 0.3) is 0 Å². The van der Waals surface area contributed by atoms with E-state index >= 15 is 0 Å². The minimum absolute atomic E-state index is 0.288. The SMILES string of the molecule is CC(O)CC1CCCCCN1C(=O)C1CC1. The Hall–Kier alpha value is -0.570. The maximum Gasteiger partial charge on any atom is 0.225 e. The Balaban J connectivity index is 1.99. The molecule has 1 amide bonds. The highest BCUT2D eigenvalue weighted by Crippen LogP contribution is 2.33. The molecule has 0 spiro atoms. The predicted molar refractivity (Wildman–Crippen MR) is 63.0 cm³/mol. The molecule has 0 bridgehead atoms. The zero-order chi connectivity index (χ0) is 11.5. The van der Waals surface area contributed by atoms with Gasteiger partial charge in [-0.25, -0.2) is 0 Å². The van der Waals surface area contributed by atoms with Crippen LogP contribution < -0.4 is 0 Å². The molecule has 1 heterocycles. The molecular weight excluding hydrogens is 202 g/mol. The summed E-state index contributed by atoms with van der Waals surface area (Å²) in [7, 11) is 0. The first kappa shape index (κ1) is 11.9. The average molecular weight is 225 g/mol. The molecular formula is C13H23NO2. The second kappa shape index (κ2) is 5.17. The largest absolute Gasteiger partial charge is 0.393 e. The van der Waals surface area contributed by atoms with Gasteiger partial charge < -0.3 is 10.0 Å². The molecule has 1 saturated carbocycles. The van der Waals surface area contributed by atoms with Crippen LogP contribution in [-0.2, 0) is 4.79 Å². The Morgan fingerprint density at radius 2 is 2.06 bits per heavy atom. The average Bonchev–Trinajstić information content (AvgIpc) is 3.03. The molecule has 2 aliphatic rings. The van der Waals surface area contributed by atoms with E-state index in [1.807, 2.05) is 6.92 Å². The van der Waals surface area contributed by atoms with Gasteiger partial charge in [-0.3, -0.25) is 4.79 Å². The van der Waals surface area contributed by atoms with Crippen molar-refractivity contribution in [2.45, 2.75) is 64.0 Å². The molecule has 2 fully saturated rings. The molecule has 2 rings (SSSR count). The number of rotatable bonds is 3. The Bertz CT molecular complexity index is 248. The molecule has 1 saturated heterocycles. The number of carbonyl (C=O) groups is 1. The second-order valence-corrected chi connectivity index (χ2v) is 5.39. The summed E-state index contributed by atoms with van der Waals surface area (Å²) in [6.45, 7) is 2.73. The normalized spacial score (nSPS) is 28.6. The van der Waals surface area contributed by atoms with E-state index in [-0.39, 0.29) is 12.1 Å². The van der Waals surface area contributed by atoms with Crippen LogP contribution in [0.15, 0.2) is 0 Å². The van der Waals surface area contributed by atoms with E-state index in [4.69, 9.17) is 0 Å². The third-order valence-corrected chi connectivity index (χ3v) is 3.70. The monoisotopic (exact) mass is 225 g/mol. The molecule has 3 heteroatoms. The van der Waals surface area contributed by atoms with E-state index in [2.05, 4.69) is 4.90 Å². The summed E-state index contributed by atoms with van der Waals surface area (Å²) in [4.78, 5) is 14.2. The molecule has 1 aliphatic heterocycles. The summed E-state index contributed by atoms with van der Waals surface area (Å²) < 4.78 is 0. The summed E-state index contributed by atoms with van der Waals surface area (Å²) >= 11 is 0. The minimum Gasteiger partial charge on any atom is -0.393 e. The molecule has 1 aliphatic carbocycles. The Morgan fingerprint density at radius 3 is 2.69 bits per heavy atom. The van der Waals surface area contributed by atoms with Gasteiger partial charge in [-0.2, -0.15) is 0 Å². The van der Waals surface area contributed by atoms with Crippen molar-refractivity contribution in [2.24, 2.45) is 5.92 Å². The summed E-state index contributed by atoms with van der Waals surface area (Å²) in [5.74, 6) is 0.669. The summed E-state index contributed by atoms with van der Waals surface area (Å²) in [5, 5.41) is 9.51.